The molecule has 0 aliphatic rings. The van der Waals surface area contributed by atoms with Gasteiger partial charge < -0.3 is 10.1 Å². The van der Waals surface area contributed by atoms with E-state index in [1.807, 2.05) is 38.1 Å². The van der Waals surface area contributed by atoms with Gasteiger partial charge in [-0.05, 0) is 49.7 Å². The molecule has 2 rings (SSSR count). The van der Waals surface area contributed by atoms with Crippen LogP contribution in [0.15, 0.2) is 53.6 Å². The highest BCUT2D eigenvalue weighted by molar-refractivity contribution is 6.30. The van der Waals surface area contributed by atoms with Gasteiger partial charge in [0.2, 0.25) is 0 Å². The zero-order chi connectivity index (χ0) is 16.7. The van der Waals surface area contributed by atoms with Gasteiger partial charge in [0.25, 0.3) is 0 Å². The summed E-state index contributed by atoms with van der Waals surface area (Å²) in [5.41, 5.74) is 3.81. The van der Waals surface area contributed by atoms with E-state index in [0.29, 0.717) is 10.7 Å². The lowest BCUT2D eigenvalue weighted by molar-refractivity contribution is 0.242. The second-order valence-corrected chi connectivity index (χ2v) is 5.51. The Morgan fingerprint density at radius 2 is 2.00 bits per heavy atom. The molecule has 6 heteroatoms. The summed E-state index contributed by atoms with van der Waals surface area (Å²) in [5.74, 6) is 0.757. The van der Waals surface area contributed by atoms with Crippen LogP contribution >= 0.6 is 11.6 Å². The van der Waals surface area contributed by atoms with Crippen molar-refractivity contribution < 1.29 is 9.53 Å². The van der Waals surface area contributed by atoms with Crippen molar-refractivity contribution in [3.63, 3.8) is 0 Å². The van der Waals surface area contributed by atoms with Gasteiger partial charge in [-0.25, -0.2) is 10.2 Å². The topological polar surface area (TPSA) is 62.7 Å². The molecule has 0 saturated heterocycles. The van der Waals surface area contributed by atoms with Gasteiger partial charge in [0.1, 0.15) is 5.75 Å². The first-order valence-electron chi connectivity index (χ1n) is 7.15. The Bertz CT molecular complexity index is 702. The highest BCUT2D eigenvalue weighted by atomic mass is 35.5. The number of carbonyl (C=O) groups excluding carboxylic acids is 1. The van der Waals surface area contributed by atoms with Crippen LogP contribution in [-0.2, 0) is 0 Å². The van der Waals surface area contributed by atoms with Crippen LogP contribution in [0.5, 0.6) is 5.75 Å². The molecule has 0 aliphatic carbocycles. The molecule has 2 aromatic rings. The number of halogens is 1. The number of amides is 2. The summed E-state index contributed by atoms with van der Waals surface area (Å²) in [7, 11) is 0. The first-order valence-corrected chi connectivity index (χ1v) is 7.53. The predicted octanol–water partition coefficient (Wildman–Crippen LogP) is 4.28. The number of hydrazone groups is 1. The number of ether oxygens (including phenoxy) is 1. The van der Waals surface area contributed by atoms with Crippen LogP contribution in [0.4, 0.5) is 10.5 Å². The Morgan fingerprint density at radius 3 is 2.74 bits per heavy atom. The van der Waals surface area contributed by atoms with Crippen LogP contribution in [0.1, 0.15) is 19.4 Å². The van der Waals surface area contributed by atoms with Crippen molar-refractivity contribution in [1.29, 1.82) is 0 Å². The summed E-state index contributed by atoms with van der Waals surface area (Å²) in [6, 6.07) is 13.9. The SMILES string of the molecule is CC(C)Oc1cccc(/C=N\NC(=O)Nc2cccc(Cl)c2)c1. The third-order valence-electron chi connectivity index (χ3n) is 2.69. The lowest BCUT2D eigenvalue weighted by Gasteiger charge is -2.09. The van der Waals surface area contributed by atoms with Gasteiger partial charge in [-0.15, -0.1) is 0 Å². The summed E-state index contributed by atoms with van der Waals surface area (Å²) in [5, 5.41) is 7.09. The van der Waals surface area contributed by atoms with E-state index >= 15 is 0 Å². The number of rotatable bonds is 5. The van der Waals surface area contributed by atoms with E-state index in [0.717, 1.165) is 11.3 Å². The number of hydrogen-bond acceptors (Lipinski definition) is 3. The molecule has 0 aromatic heterocycles. The van der Waals surface area contributed by atoms with E-state index < -0.39 is 6.03 Å². The number of anilines is 1. The van der Waals surface area contributed by atoms with Gasteiger partial charge >= 0.3 is 6.03 Å². The molecule has 0 spiro atoms. The zero-order valence-corrected chi connectivity index (χ0v) is 13.7. The monoisotopic (exact) mass is 331 g/mol. The lowest BCUT2D eigenvalue weighted by Crippen LogP contribution is -2.24. The summed E-state index contributed by atoms with van der Waals surface area (Å²) in [6.45, 7) is 3.92. The van der Waals surface area contributed by atoms with Gasteiger partial charge in [0.15, 0.2) is 0 Å². The molecular formula is C17H18ClN3O2. The first kappa shape index (κ1) is 16.8. The molecule has 0 heterocycles. The molecule has 0 unspecified atom stereocenters. The Balaban J connectivity index is 1.89. The second-order valence-electron chi connectivity index (χ2n) is 5.07. The maximum atomic E-state index is 11.7. The molecule has 2 aromatic carbocycles. The Labute approximate surface area is 140 Å². The van der Waals surface area contributed by atoms with Gasteiger partial charge in [0, 0.05) is 10.7 Å². The summed E-state index contributed by atoms with van der Waals surface area (Å²) in [6.07, 6.45) is 1.65. The molecular weight excluding hydrogens is 314 g/mol. The van der Waals surface area contributed by atoms with E-state index in [1.54, 1.807) is 30.5 Å². The fraction of sp³-hybridized carbons (Fsp3) is 0.176. The number of benzene rings is 2. The number of nitrogens with zero attached hydrogens (tertiary/aromatic N) is 1. The maximum Gasteiger partial charge on any atom is 0.339 e. The van der Waals surface area contributed by atoms with E-state index in [2.05, 4.69) is 15.8 Å². The average Bonchev–Trinajstić information content (AvgIpc) is 2.47. The molecule has 2 amide bonds. The number of hydrogen-bond donors (Lipinski definition) is 2. The first-order chi connectivity index (χ1) is 11.0. The Kier molecular flexibility index (Phi) is 6.00. The Morgan fingerprint density at radius 1 is 1.22 bits per heavy atom. The van der Waals surface area contributed by atoms with E-state index in [1.165, 1.54) is 0 Å². The van der Waals surface area contributed by atoms with E-state index in [-0.39, 0.29) is 6.10 Å². The molecule has 0 aliphatic heterocycles. The molecule has 120 valence electrons. The quantitative estimate of drug-likeness (QED) is 0.634. The second kappa shape index (κ2) is 8.19. The van der Waals surface area contributed by atoms with Crippen molar-refractivity contribution >= 4 is 29.5 Å². The number of nitrogens with one attached hydrogen (secondary N) is 2. The molecule has 0 radical (unpaired) electrons. The van der Waals surface area contributed by atoms with Crippen molar-refractivity contribution in [2.45, 2.75) is 20.0 Å². The third kappa shape index (κ3) is 6.00. The van der Waals surface area contributed by atoms with Gasteiger partial charge in [-0.3, -0.25) is 0 Å². The van der Waals surface area contributed by atoms with Gasteiger partial charge in [-0.2, -0.15) is 5.10 Å². The highest BCUT2D eigenvalue weighted by Gasteiger charge is 2.01. The third-order valence-corrected chi connectivity index (χ3v) is 2.93. The number of urea groups is 1. The van der Waals surface area contributed by atoms with Crippen molar-refractivity contribution in [2.24, 2.45) is 5.10 Å². The van der Waals surface area contributed by atoms with E-state index in [4.69, 9.17) is 16.3 Å². The smallest absolute Gasteiger partial charge is 0.339 e. The fourth-order valence-corrected chi connectivity index (χ4v) is 2.02. The fourth-order valence-electron chi connectivity index (χ4n) is 1.83. The molecule has 0 saturated carbocycles. The maximum absolute atomic E-state index is 11.7. The van der Waals surface area contributed by atoms with Gasteiger partial charge in [0.05, 0.1) is 12.3 Å². The molecule has 2 N–H and O–H groups in total. The number of carbonyl (C=O) groups is 1. The van der Waals surface area contributed by atoms with Crippen molar-refractivity contribution in [3.8, 4) is 5.75 Å². The van der Waals surface area contributed by atoms with Crippen molar-refractivity contribution in [2.75, 3.05) is 5.32 Å². The minimum Gasteiger partial charge on any atom is -0.491 e. The van der Waals surface area contributed by atoms with Crippen molar-refractivity contribution in [3.05, 3.63) is 59.1 Å². The van der Waals surface area contributed by atoms with E-state index in [9.17, 15) is 4.79 Å². The minimum absolute atomic E-state index is 0.101. The molecule has 0 fully saturated rings. The molecule has 0 atom stereocenters. The Hall–Kier alpha value is -2.53. The van der Waals surface area contributed by atoms with Crippen LogP contribution in [-0.4, -0.2) is 18.3 Å². The van der Waals surface area contributed by atoms with Crippen LogP contribution in [0, 0.1) is 0 Å². The molecule has 23 heavy (non-hydrogen) atoms. The zero-order valence-electron chi connectivity index (χ0n) is 12.9. The lowest BCUT2D eigenvalue weighted by atomic mass is 10.2. The minimum atomic E-state index is -0.446. The summed E-state index contributed by atoms with van der Waals surface area (Å²) >= 11 is 5.85. The molecule has 5 nitrogen and oxygen atoms in total. The summed E-state index contributed by atoms with van der Waals surface area (Å²) < 4.78 is 5.60. The van der Waals surface area contributed by atoms with Crippen LogP contribution in [0.2, 0.25) is 5.02 Å². The predicted molar refractivity (Wildman–Crippen MR) is 93.4 cm³/mol. The van der Waals surface area contributed by atoms with Crippen molar-refractivity contribution in [1.82, 2.24) is 5.43 Å². The summed E-state index contributed by atoms with van der Waals surface area (Å²) in [4.78, 5) is 11.7. The van der Waals surface area contributed by atoms with Crippen LogP contribution in [0.3, 0.4) is 0 Å². The normalized spacial score (nSPS) is 10.8. The van der Waals surface area contributed by atoms with Crippen LogP contribution in [0.25, 0.3) is 0 Å². The van der Waals surface area contributed by atoms with Gasteiger partial charge in [-0.1, -0.05) is 29.8 Å². The van der Waals surface area contributed by atoms with Crippen LogP contribution < -0.4 is 15.5 Å². The standard InChI is InChI=1S/C17H18ClN3O2/c1-12(2)23-16-8-3-5-13(9-16)11-19-21-17(22)20-15-7-4-6-14(18)10-15/h3-12H,1-2H3,(H2,20,21,22)/b19-11-. The molecule has 0 bridgehead atoms. The highest BCUT2D eigenvalue weighted by Crippen LogP contribution is 2.15. The average molecular weight is 332 g/mol. The largest absolute Gasteiger partial charge is 0.491 e.